The highest BCUT2D eigenvalue weighted by molar-refractivity contribution is 5.85. The molecule has 0 atom stereocenters. The van der Waals surface area contributed by atoms with Crippen LogP contribution < -0.4 is 5.73 Å². The molecule has 5 heteroatoms. The van der Waals surface area contributed by atoms with Gasteiger partial charge in [0.15, 0.2) is 0 Å². The van der Waals surface area contributed by atoms with Crippen molar-refractivity contribution < 1.29 is 9.53 Å². The van der Waals surface area contributed by atoms with Gasteiger partial charge in [-0.15, -0.1) is 12.4 Å². The lowest BCUT2D eigenvalue weighted by atomic mass is 10.2. The highest BCUT2D eigenvalue weighted by Crippen LogP contribution is 2.27. The summed E-state index contributed by atoms with van der Waals surface area (Å²) in [5.74, 6) is 0. The maximum absolute atomic E-state index is 11.8. The lowest BCUT2D eigenvalue weighted by Gasteiger charge is -2.20. The van der Waals surface area contributed by atoms with Crippen LogP contribution in [0, 0.1) is 0 Å². The average molecular weight is 271 g/mol. The van der Waals surface area contributed by atoms with Crippen molar-refractivity contribution in [3.63, 3.8) is 0 Å². The van der Waals surface area contributed by atoms with E-state index in [1.54, 1.807) is 4.90 Å². The minimum Gasteiger partial charge on any atom is -0.445 e. The fraction of sp³-hybridized carbons (Fsp3) is 0.462. The molecule has 1 aromatic rings. The molecule has 2 N–H and O–H groups in total. The van der Waals surface area contributed by atoms with Crippen molar-refractivity contribution in [2.24, 2.45) is 5.73 Å². The molecular weight excluding hydrogens is 252 g/mol. The summed E-state index contributed by atoms with van der Waals surface area (Å²) in [6.07, 6.45) is 1.89. The van der Waals surface area contributed by atoms with Crippen molar-refractivity contribution in [1.29, 1.82) is 0 Å². The van der Waals surface area contributed by atoms with Crippen LogP contribution in [0.25, 0.3) is 0 Å². The Morgan fingerprint density at radius 1 is 1.33 bits per heavy atom. The number of halogens is 1. The van der Waals surface area contributed by atoms with Crippen molar-refractivity contribution in [3.05, 3.63) is 35.9 Å². The zero-order valence-corrected chi connectivity index (χ0v) is 11.1. The summed E-state index contributed by atoms with van der Waals surface area (Å²) >= 11 is 0. The molecule has 0 radical (unpaired) electrons. The van der Waals surface area contributed by atoms with Crippen LogP contribution in [-0.2, 0) is 11.3 Å². The Morgan fingerprint density at radius 2 is 2.00 bits per heavy atom. The zero-order chi connectivity index (χ0) is 12.1. The number of carbonyl (C=O) groups is 1. The second kappa shape index (κ2) is 7.24. The van der Waals surface area contributed by atoms with Crippen LogP contribution >= 0.6 is 12.4 Å². The van der Waals surface area contributed by atoms with Crippen molar-refractivity contribution >= 4 is 18.5 Å². The number of ether oxygens (including phenoxy) is 1. The molecule has 100 valence electrons. The van der Waals surface area contributed by atoms with E-state index in [-0.39, 0.29) is 18.5 Å². The van der Waals surface area contributed by atoms with Gasteiger partial charge in [-0.2, -0.15) is 0 Å². The van der Waals surface area contributed by atoms with E-state index in [9.17, 15) is 4.79 Å². The Bertz CT molecular complexity index is 369. The van der Waals surface area contributed by atoms with Crippen molar-refractivity contribution in [3.8, 4) is 0 Å². The van der Waals surface area contributed by atoms with E-state index in [1.165, 1.54) is 0 Å². The standard InChI is InChI=1S/C13H18N2O2.ClH/c14-8-9-15(12-6-7-12)13(16)17-10-11-4-2-1-3-5-11;/h1-5,12H,6-10,14H2;1H. The lowest BCUT2D eigenvalue weighted by Crippen LogP contribution is -2.37. The number of rotatable bonds is 5. The van der Waals surface area contributed by atoms with Gasteiger partial charge in [0.25, 0.3) is 0 Å². The lowest BCUT2D eigenvalue weighted by molar-refractivity contribution is 0.0946. The van der Waals surface area contributed by atoms with Crippen LogP contribution in [0.3, 0.4) is 0 Å². The van der Waals surface area contributed by atoms with E-state index >= 15 is 0 Å². The molecule has 0 unspecified atom stereocenters. The third-order valence-electron chi connectivity index (χ3n) is 2.80. The number of amides is 1. The second-order valence-corrected chi connectivity index (χ2v) is 4.25. The van der Waals surface area contributed by atoms with Crippen LogP contribution in [0.15, 0.2) is 30.3 Å². The number of benzene rings is 1. The molecule has 1 aliphatic rings. The average Bonchev–Trinajstić information content (AvgIpc) is 3.18. The molecule has 1 aliphatic carbocycles. The zero-order valence-electron chi connectivity index (χ0n) is 10.2. The Morgan fingerprint density at radius 3 is 2.56 bits per heavy atom. The topological polar surface area (TPSA) is 55.6 Å². The fourth-order valence-electron chi connectivity index (χ4n) is 1.75. The van der Waals surface area contributed by atoms with Gasteiger partial charge in [-0.25, -0.2) is 4.79 Å². The fourth-order valence-corrected chi connectivity index (χ4v) is 1.75. The molecule has 1 aromatic carbocycles. The molecule has 1 saturated carbocycles. The molecule has 1 fully saturated rings. The third-order valence-corrected chi connectivity index (χ3v) is 2.80. The predicted octanol–water partition coefficient (Wildman–Crippen LogP) is 2.17. The van der Waals surface area contributed by atoms with E-state index in [4.69, 9.17) is 10.5 Å². The summed E-state index contributed by atoms with van der Waals surface area (Å²) in [4.78, 5) is 13.6. The summed E-state index contributed by atoms with van der Waals surface area (Å²) in [6, 6.07) is 10.0. The first-order valence-corrected chi connectivity index (χ1v) is 5.98. The normalized spacial score (nSPS) is 13.6. The van der Waals surface area contributed by atoms with Gasteiger partial charge in [0.2, 0.25) is 0 Å². The van der Waals surface area contributed by atoms with Crippen molar-refractivity contribution in [2.75, 3.05) is 13.1 Å². The first-order valence-electron chi connectivity index (χ1n) is 5.98. The van der Waals surface area contributed by atoms with E-state index < -0.39 is 0 Å². The monoisotopic (exact) mass is 270 g/mol. The van der Waals surface area contributed by atoms with E-state index in [0.29, 0.717) is 25.7 Å². The highest BCUT2D eigenvalue weighted by Gasteiger charge is 2.32. The molecule has 1 amide bonds. The Balaban J connectivity index is 0.00000162. The molecule has 0 aliphatic heterocycles. The van der Waals surface area contributed by atoms with Crippen LogP contribution in [0.1, 0.15) is 18.4 Å². The summed E-state index contributed by atoms with van der Waals surface area (Å²) in [5, 5.41) is 0. The molecule has 18 heavy (non-hydrogen) atoms. The maximum atomic E-state index is 11.8. The van der Waals surface area contributed by atoms with Gasteiger partial charge in [0.1, 0.15) is 6.61 Å². The number of nitrogens with two attached hydrogens (primary N) is 1. The molecule has 0 heterocycles. The van der Waals surface area contributed by atoms with E-state index in [0.717, 1.165) is 18.4 Å². The maximum Gasteiger partial charge on any atom is 0.410 e. The molecule has 0 spiro atoms. The number of nitrogens with zero attached hydrogens (tertiary/aromatic N) is 1. The summed E-state index contributed by atoms with van der Waals surface area (Å²) in [5.41, 5.74) is 6.49. The van der Waals surface area contributed by atoms with Gasteiger partial charge in [0.05, 0.1) is 0 Å². The van der Waals surface area contributed by atoms with E-state index in [1.807, 2.05) is 30.3 Å². The molecule has 0 bridgehead atoms. The van der Waals surface area contributed by atoms with Gasteiger partial charge in [-0.3, -0.25) is 0 Å². The van der Waals surface area contributed by atoms with Crippen LogP contribution in [0.5, 0.6) is 0 Å². The van der Waals surface area contributed by atoms with E-state index in [2.05, 4.69) is 0 Å². The largest absolute Gasteiger partial charge is 0.445 e. The summed E-state index contributed by atoms with van der Waals surface area (Å²) in [7, 11) is 0. The van der Waals surface area contributed by atoms with Gasteiger partial charge >= 0.3 is 6.09 Å². The summed E-state index contributed by atoms with van der Waals surface area (Å²) < 4.78 is 5.28. The smallest absolute Gasteiger partial charge is 0.410 e. The van der Waals surface area contributed by atoms with Gasteiger partial charge in [-0.05, 0) is 18.4 Å². The van der Waals surface area contributed by atoms with Crippen molar-refractivity contribution in [1.82, 2.24) is 4.90 Å². The minimum absolute atomic E-state index is 0. The SMILES string of the molecule is Cl.NCCN(C(=O)OCc1ccccc1)C1CC1. The van der Waals surface area contributed by atoms with Crippen LogP contribution in [0.2, 0.25) is 0 Å². The number of carbonyl (C=O) groups excluding carboxylic acids is 1. The molecule has 4 nitrogen and oxygen atoms in total. The van der Waals surface area contributed by atoms with Crippen molar-refractivity contribution in [2.45, 2.75) is 25.5 Å². The highest BCUT2D eigenvalue weighted by atomic mass is 35.5. The molecular formula is C13H19ClN2O2. The Hall–Kier alpha value is -1.26. The van der Waals surface area contributed by atoms with Gasteiger partial charge in [-0.1, -0.05) is 30.3 Å². The van der Waals surface area contributed by atoms with Gasteiger partial charge < -0.3 is 15.4 Å². The quantitative estimate of drug-likeness (QED) is 0.892. The predicted molar refractivity (Wildman–Crippen MR) is 72.7 cm³/mol. The molecule has 2 rings (SSSR count). The third kappa shape index (κ3) is 4.20. The molecule has 0 aromatic heterocycles. The minimum atomic E-state index is -0.248. The van der Waals surface area contributed by atoms with Crippen LogP contribution in [-0.4, -0.2) is 30.1 Å². The Labute approximate surface area is 114 Å². The van der Waals surface area contributed by atoms with Crippen LogP contribution in [0.4, 0.5) is 4.79 Å². The first-order chi connectivity index (χ1) is 8.31. The molecule has 0 saturated heterocycles. The second-order valence-electron chi connectivity index (χ2n) is 4.25. The summed E-state index contributed by atoms with van der Waals surface area (Å²) in [6.45, 7) is 1.39. The Kier molecular flexibility index (Phi) is 5.95. The number of hydrogen-bond donors (Lipinski definition) is 1. The van der Waals surface area contributed by atoms with Gasteiger partial charge in [0, 0.05) is 19.1 Å². The number of hydrogen-bond acceptors (Lipinski definition) is 3. The first kappa shape index (κ1) is 14.8.